The Balaban J connectivity index is 1.88. The molecular weight excluding hydrogens is 469 g/mol. The first-order valence-electron chi connectivity index (χ1n) is 9.75. The van der Waals surface area contributed by atoms with E-state index in [0.717, 1.165) is 20.6 Å². The molecule has 1 N–H and O–H groups in total. The fraction of sp³-hybridized carbons (Fsp3) is 0.174. The second kappa shape index (κ2) is 8.58. The molecule has 0 saturated carbocycles. The van der Waals surface area contributed by atoms with E-state index in [4.69, 9.17) is 23.2 Å². The third-order valence-corrected chi connectivity index (χ3v) is 7.24. The van der Waals surface area contributed by atoms with Crippen molar-refractivity contribution in [3.63, 3.8) is 0 Å². The molecule has 6 nitrogen and oxygen atoms in total. The lowest BCUT2D eigenvalue weighted by Gasteiger charge is -2.14. The molecule has 2 heterocycles. The Morgan fingerprint density at radius 3 is 2.47 bits per heavy atom. The van der Waals surface area contributed by atoms with Gasteiger partial charge >= 0.3 is 5.69 Å². The molecule has 0 aliphatic heterocycles. The van der Waals surface area contributed by atoms with Crippen molar-refractivity contribution in [2.75, 3.05) is 5.32 Å². The van der Waals surface area contributed by atoms with Crippen LogP contribution in [0.3, 0.4) is 0 Å². The molecule has 0 radical (unpaired) electrons. The van der Waals surface area contributed by atoms with Crippen molar-refractivity contribution in [3.05, 3.63) is 89.4 Å². The van der Waals surface area contributed by atoms with E-state index in [1.807, 2.05) is 13.8 Å². The number of aryl methyl sites for hydroxylation is 2. The molecule has 0 aliphatic rings. The highest BCUT2D eigenvalue weighted by molar-refractivity contribution is 7.18. The van der Waals surface area contributed by atoms with E-state index >= 15 is 0 Å². The fourth-order valence-corrected chi connectivity index (χ4v) is 5.02. The van der Waals surface area contributed by atoms with Crippen molar-refractivity contribution in [1.82, 2.24) is 9.13 Å². The Morgan fingerprint density at radius 1 is 1.03 bits per heavy atom. The maximum absolute atomic E-state index is 13.4. The Bertz CT molecular complexity index is 1500. The topological polar surface area (TPSA) is 73.1 Å². The van der Waals surface area contributed by atoms with E-state index in [2.05, 4.69) is 5.32 Å². The molecule has 1 amide bonds. The number of hydrogen-bond donors (Lipinski definition) is 1. The number of carbonyl (C=O) groups is 1. The number of carbonyl (C=O) groups excluding carboxylic acids is 1. The first-order chi connectivity index (χ1) is 15.2. The smallest absolute Gasteiger partial charge is 0.324 e. The maximum atomic E-state index is 13.4. The standard InChI is InChI=1S/C23H19Cl2N3O3S/c1-12-14(3)32-22-20(12)21(30)28(16-7-4-6-15(24)10-16)23(31)27(22)11-19(29)26-18-9-5-8-17(25)13(18)2/h4-10H,11H2,1-3H3,(H,26,29). The fourth-order valence-electron chi connectivity index (χ4n) is 3.52. The summed E-state index contributed by atoms with van der Waals surface area (Å²) in [7, 11) is 0. The van der Waals surface area contributed by atoms with Gasteiger partial charge in [0.2, 0.25) is 5.91 Å². The number of nitrogens with zero attached hydrogens (tertiary/aromatic N) is 2. The number of hydrogen-bond acceptors (Lipinski definition) is 4. The minimum Gasteiger partial charge on any atom is -0.324 e. The average Bonchev–Trinajstić information content (AvgIpc) is 3.03. The van der Waals surface area contributed by atoms with Crippen LogP contribution < -0.4 is 16.6 Å². The highest BCUT2D eigenvalue weighted by atomic mass is 35.5. The first kappa shape index (κ1) is 22.3. The molecular formula is C23H19Cl2N3O3S. The number of halogens is 2. The van der Waals surface area contributed by atoms with E-state index in [1.165, 1.54) is 15.9 Å². The van der Waals surface area contributed by atoms with Gasteiger partial charge in [0.25, 0.3) is 5.56 Å². The summed E-state index contributed by atoms with van der Waals surface area (Å²) in [6, 6.07) is 11.7. The molecule has 0 atom stereocenters. The molecule has 4 aromatic rings. The number of rotatable bonds is 4. The summed E-state index contributed by atoms with van der Waals surface area (Å²) in [5.41, 5.74) is 1.38. The van der Waals surface area contributed by atoms with Gasteiger partial charge in [-0.05, 0) is 62.2 Å². The molecule has 2 aromatic carbocycles. The lowest BCUT2D eigenvalue weighted by atomic mass is 10.2. The van der Waals surface area contributed by atoms with Crippen molar-refractivity contribution in [1.29, 1.82) is 0 Å². The zero-order chi connectivity index (χ0) is 23.2. The number of nitrogens with one attached hydrogen (secondary N) is 1. The summed E-state index contributed by atoms with van der Waals surface area (Å²) < 4.78 is 2.39. The zero-order valence-corrected chi connectivity index (χ0v) is 19.9. The van der Waals surface area contributed by atoms with Gasteiger partial charge in [-0.25, -0.2) is 9.36 Å². The highest BCUT2D eigenvalue weighted by Crippen LogP contribution is 2.28. The van der Waals surface area contributed by atoms with Gasteiger partial charge in [0.1, 0.15) is 11.4 Å². The van der Waals surface area contributed by atoms with Crippen LogP contribution in [-0.4, -0.2) is 15.0 Å². The maximum Gasteiger partial charge on any atom is 0.337 e. The number of benzene rings is 2. The normalized spacial score (nSPS) is 11.2. The number of fused-ring (bicyclic) bond motifs is 1. The van der Waals surface area contributed by atoms with Gasteiger partial charge in [0.05, 0.1) is 11.1 Å². The van der Waals surface area contributed by atoms with Crippen LogP contribution in [0.1, 0.15) is 16.0 Å². The van der Waals surface area contributed by atoms with Crippen LogP contribution in [0.25, 0.3) is 15.9 Å². The van der Waals surface area contributed by atoms with E-state index in [-0.39, 0.29) is 6.54 Å². The molecule has 4 rings (SSSR count). The van der Waals surface area contributed by atoms with Crippen LogP contribution in [0.2, 0.25) is 10.0 Å². The minimum atomic E-state index is -0.607. The summed E-state index contributed by atoms with van der Waals surface area (Å²) in [6.07, 6.45) is 0. The molecule has 32 heavy (non-hydrogen) atoms. The second-order valence-electron chi connectivity index (χ2n) is 7.41. The highest BCUT2D eigenvalue weighted by Gasteiger charge is 2.21. The van der Waals surface area contributed by atoms with Gasteiger partial charge in [0, 0.05) is 20.6 Å². The minimum absolute atomic E-state index is 0.262. The lowest BCUT2D eigenvalue weighted by Crippen LogP contribution is -2.40. The van der Waals surface area contributed by atoms with Gasteiger partial charge in [-0.1, -0.05) is 35.3 Å². The van der Waals surface area contributed by atoms with E-state index in [9.17, 15) is 14.4 Å². The van der Waals surface area contributed by atoms with Gasteiger partial charge in [-0.15, -0.1) is 11.3 Å². The van der Waals surface area contributed by atoms with E-state index in [1.54, 1.807) is 49.4 Å². The Hall–Kier alpha value is -2.87. The van der Waals surface area contributed by atoms with E-state index < -0.39 is 17.2 Å². The van der Waals surface area contributed by atoms with Gasteiger partial charge in [-0.3, -0.25) is 14.2 Å². The third-order valence-electron chi connectivity index (χ3n) is 5.36. The van der Waals surface area contributed by atoms with Crippen molar-refractivity contribution >= 4 is 56.3 Å². The molecule has 0 bridgehead atoms. The zero-order valence-electron chi connectivity index (χ0n) is 17.5. The van der Waals surface area contributed by atoms with Crippen LogP contribution in [0.4, 0.5) is 5.69 Å². The number of thiophene rings is 1. The summed E-state index contributed by atoms with van der Waals surface area (Å²) in [4.78, 5) is 41.0. The Morgan fingerprint density at radius 2 is 1.75 bits per heavy atom. The Kier molecular flexibility index (Phi) is 5.99. The SMILES string of the molecule is Cc1sc2c(c1C)c(=O)n(-c1cccc(Cl)c1)c(=O)n2CC(=O)Nc1cccc(Cl)c1C. The molecule has 0 aliphatic carbocycles. The number of amides is 1. The summed E-state index contributed by atoms with van der Waals surface area (Å²) >= 11 is 13.6. The van der Waals surface area contributed by atoms with Gasteiger partial charge < -0.3 is 5.32 Å². The molecule has 0 spiro atoms. The quantitative estimate of drug-likeness (QED) is 0.435. The van der Waals surface area contributed by atoms with Crippen LogP contribution in [0, 0.1) is 20.8 Å². The lowest BCUT2D eigenvalue weighted by molar-refractivity contribution is -0.116. The van der Waals surface area contributed by atoms with Crippen molar-refractivity contribution < 1.29 is 4.79 Å². The van der Waals surface area contributed by atoms with Crippen LogP contribution >= 0.6 is 34.5 Å². The third kappa shape index (κ3) is 3.88. The summed E-state index contributed by atoms with van der Waals surface area (Å²) in [5.74, 6) is -0.404. The monoisotopic (exact) mass is 487 g/mol. The molecule has 164 valence electrons. The molecule has 0 fully saturated rings. The van der Waals surface area contributed by atoms with Crippen molar-refractivity contribution in [2.45, 2.75) is 27.3 Å². The summed E-state index contributed by atoms with van der Waals surface area (Å²) in [6.45, 7) is 5.25. The van der Waals surface area contributed by atoms with Gasteiger partial charge in [-0.2, -0.15) is 0 Å². The first-order valence-corrected chi connectivity index (χ1v) is 11.3. The van der Waals surface area contributed by atoms with Gasteiger partial charge in [0.15, 0.2) is 0 Å². The van der Waals surface area contributed by atoms with Crippen LogP contribution in [0.5, 0.6) is 0 Å². The number of aromatic nitrogens is 2. The number of anilines is 1. The predicted molar refractivity (Wildman–Crippen MR) is 131 cm³/mol. The van der Waals surface area contributed by atoms with E-state index in [0.29, 0.717) is 31.6 Å². The molecule has 0 saturated heterocycles. The van der Waals surface area contributed by atoms with Crippen LogP contribution in [0.15, 0.2) is 52.1 Å². The largest absolute Gasteiger partial charge is 0.337 e. The average molecular weight is 488 g/mol. The second-order valence-corrected chi connectivity index (χ2v) is 9.46. The van der Waals surface area contributed by atoms with Crippen LogP contribution in [-0.2, 0) is 11.3 Å². The predicted octanol–water partition coefficient (Wildman–Crippen LogP) is 5.08. The van der Waals surface area contributed by atoms with Crippen molar-refractivity contribution in [2.24, 2.45) is 0 Å². The molecule has 2 aromatic heterocycles. The Labute approximate surface area is 197 Å². The summed E-state index contributed by atoms with van der Waals surface area (Å²) in [5, 5.41) is 4.15. The molecule has 9 heteroatoms. The van der Waals surface area contributed by atoms with Crippen molar-refractivity contribution in [3.8, 4) is 5.69 Å². The molecule has 0 unspecified atom stereocenters.